The van der Waals surface area contributed by atoms with Crippen molar-refractivity contribution in [3.8, 4) is 0 Å². The highest BCUT2D eigenvalue weighted by atomic mass is 16.6. The van der Waals surface area contributed by atoms with E-state index in [-0.39, 0.29) is 10.9 Å². The third-order valence-corrected chi connectivity index (χ3v) is 5.97. The zero-order chi connectivity index (χ0) is 21.9. The summed E-state index contributed by atoms with van der Waals surface area (Å²) < 4.78 is 5.70. The molecule has 5 N–H and O–H groups in total. The van der Waals surface area contributed by atoms with E-state index in [9.17, 15) is 30.0 Å². The zero-order valence-electron chi connectivity index (χ0n) is 16.4. The minimum absolute atomic E-state index is 0.0830. The summed E-state index contributed by atoms with van der Waals surface area (Å²) in [6, 6.07) is 5.55. The summed E-state index contributed by atoms with van der Waals surface area (Å²) in [6.07, 6.45) is -5.86. The number of aliphatic hydroxyl groups is 3. The van der Waals surface area contributed by atoms with E-state index < -0.39 is 42.6 Å². The predicted molar refractivity (Wildman–Crippen MR) is 102 cm³/mol. The molecule has 3 heterocycles. The molecule has 0 spiro atoms. The summed E-state index contributed by atoms with van der Waals surface area (Å²) in [4.78, 5) is 28.9. The first-order valence-electron chi connectivity index (χ1n) is 9.91. The van der Waals surface area contributed by atoms with Crippen molar-refractivity contribution in [1.82, 2.24) is 4.98 Å². The van der Waals surface area contributed by atoms with Gasteiger partial charge in [0.1, 0.15) is 18.0 Å². The number of pyridine rings is 1. The smallest absolute Gasteiger partial charge is 0.335 e. The molecule has 0 aromatic carbocycles. The van der Waals surface area contributed by atoms with Gasteiger partial charge in [-0.3, -0.25) is 9.28 Å². The van der Waals surface area contributed by atoms with E-state index in [1.807, 2.05) is 23.1 Å². The molecule has 2 fully saturated rings. The molecule has 0 saturated carbocycles. The number of hydrogen-bond acceptors (Lipinski definition) is 8. The highest BCUT2D eigenvalue weighted by molar-refractivity contribution is 5.73. The Morgan fingerprint density at radius 2 is 1.80 bits per heavy atom. The van der Waals surface area contributed by atoms with E-state index >= 15 is 0 Å². The number of hydrogen-bond donors (Lipinski definition) is 5. The highest BCUT2D eigenvalue weighted by Gasteiger charge is 2.55. The van der Waals surface area contributed by atoms with Crippen molar-refractivity contribution in [2.75, 3.05) is 37.6 Å². The van der Waals surface area contributed by atoms with Crippen LogP contribution in [0.15, 0.2) is 24.4 Å². The molecule has 1 aromatic heterocycles. The lowest BCUT2D eigenvalue weighted by Gasteiger charge is -2.53. The van der Waals surface area contributed by atoms with Gasteiger partial charge in [-0.15, -0.1) is 0 Å². The maximum atomic E-state index is 11.5. The average Bonchev–Trinajstić information content (AvgIpc) is 2.73. The molecule has 5 atom stereocenters. The molecule has 2 aliphatic heterocycles. The molecule has 0 amide bonds. The Morgan fingerprint density at radius 3 is 2.37 bits per heavy atom. The molecule has 30 heavy (non-hydrogen) atoms. The quantitative estimate of drug-likeness (QED) is 0.324. The Bertz CT molecular complexity index is 741. The number of piperazine rings is 1. The molecule has 0 bridgehead atoms. The molecular weight excluding hydrogens is 398 g/mol. The number of aliphatic hydroxyl groups excluding tert-OH is 3. The van der Waals surface area contributed by atoms with Crippen LogP contribution >= 0.6 is 0 Å². The summed E-state index contributed by atoms with van der Waals surface area (Å²) >= 11 is 0. The lowest BCUT2D eigenvalue weighted by molar-refractivity contribution is -0.978. The first kappa shape index (κ1) is 22.4. The molecule has 3 rings (SSSR count). The van der Waals surface area contributed by atoms with Gasteiger partial charge in [0, 0.05) is 12.6 Å². The number of ether oxygens (including phenoxy) is 1. The summed E-state index contributed by atoms with van der Waals surface area (Å²) in [7, 11) is 0. The van der Waals surface area contributed by atoms with Crippen molar-refractivity contribution in [3.05, 3.63) is 24.4 Å². The third-order valence-electron chi connectivity index (χ3n) is 5.97. The van der Waals surface area contributed by atoms with Gasteiger partial charge in [0.25, 0.3) is 0 Å². The number of quaternary nitrogens is 1. The lowest BCUT2D eigenvalue weighted by atomic mass is 9.95. The van der Waals surface area contributed by atoms with Crippen molar-refractivity contribution >= 4 is 17.8 Å². The van der Waals surface area contributed by atoms with Crippen molar-refractivity contribution < 1.29 is 44.3 Å². The largest absolute Gasteiger partial charge is 0.481 e. The Balaban J connectivity index is 1.83. The van der Waals surface area contributed by atoms with Crippen LogP contribution in [0, 0.1) is 0 Å². The zero-order valence-corrected chi connectivity index (χ0v) is 16.4. The normalized spacial score (nSPS) is 31.3. The fraction of sp³-hybridized carbons (Fsp3) is 0.632. The van der Waals surface area contributed by atoms with Crippen molar-refractivity contribution in [2.45, 2.75) is 43.5 Å². The van der Waals surface area contributed by atoms with Gasteiger partial charge in [-0.25, -0.2) is 9.78 Å². The van der Waals surface area contributed by atoms with Crippen LogP contribution in [0.25, 0.3) is 0 Å². The number of carboxylic acid groups (broad SMARTS) is 2. The SMILES string of the molecule is O=C(O)CCC[N+]1(C2OC(C(=O)O)C(O)C(O)C2O)CCN(c2ccccn2)CC1. The first-order valence-corrected chi connectivity index (χ1v) is 9.91. The topological polar surface area (TPSA) is 161 Å². The van der Waals surface area contributed by atoms with Crippen molar-refractivity contribution in [3.63, 3.8) is 0 Å². The molecular formula is C19H28N3O8+. The average molecular weight is 426 g/mol. The monoisotopic (exact) mass is 426 g/mol. The number of aromatic nitrogens is 1. The molecule has 2 aliphatic rings. The molecule has 0 aliphatic carbocycles. The number of anilines is 1. The van der Waals surface area contributed by atoms with Gasteiger partial charge in [-0.2, -0.15) is 0 Å². The predicted octanol–water partition coefficient (Wildman–Crippen LogP) is -1.52. The minimum atomic E-state index is -1.76. The summed E-state index contributed by atoms with van der Waals surface area (Å²) in [5.41, 5.74) is 0. The first-order chi connectivity index (χ1) is 14.2. The molecule has 2 saturated heterocycles. The van der Waals surface area contributed by atoms with E-state index in [1.54, 1.807) is 6.20 Å². The van der Waals surface area contributed by atoms with Crippen LogP contribution in [0.2, 0.25) is 0 Å². The number of carbonyl (C=O) groups is 2. The van der Waals surface area contributed by atoms with Gasteiger partial charge in [0.05, 0.1) is 39.1 Å². The molecule has 1 aromatic rings. The second-order valence-corrected chi connectivity index (χ2v) is 7.82. The van der Waals surface area contributed by atoms with E-state index in [0.29, 0.717) is 39.1 Å². The van der Waals surface area contributed by atoms with Crippen LogP contribution in [0.3, 0.4) is 0 Å². The van der Waals surface area contributed by atoms with Crippen molar-refractivity contribution in [2.24, 2.45) is 0 Å². The van der Waals surface area contributed by atoms with Gasteiger partial charge >= 0.3 is 11.9 Å². The molecule has 5 unspecified atom stereocenters. The molecule has 11 heteroatoms. The standard InChI is InChI=1S/C19H27N3O8/c23-13(24)5-3-9-22(10-7-21(8-11-22)12-4-1-2-6-20-12)18-16(27)14(25)15(26)17(30-18)19(28)29/h1-2,4,6,14-18,25-27H,3,5,7-11H2,(H-,23,24,28,29)/p+1. The minimum Gasteiger partial charge on any atom is -0.481 e. The van der Waals surface area contributed by atoms with E-state index in [2.05, 4.69) is 4.98 Å². The maximum absolute atomic E-state index is 11.5. The van der Waals surface area contributed by atoms with E-state index in [4.69, 9.17) is 9.84 Å². The van der Waals surface area contributed by atoms with Crippen LogP contribution in [0.4, 0.5) is 5.82 Å². The Hall–Kier alpha value is -2.31. The van der Waals surface area contributed by atoms with Crippen LogP contribution in [0.5, 0.6) is 0 Å². The molecule has 166 valence electrons. The Morgan fingerprint density at radius 1 is 1.10 bits per heavy atom. The number of aliphatic carboxylic acids is 2. The molecule has 0 radical (unpaired) electrons. The van der Waals surface area contributed by atoms with E-state index in [0.717, 1.165) is 5.82 Å². The van der Waals surface area contributed by atoms with Crippen LogP contribution in [-0.2, 0) is 14.3 Å². The fourth-order valence-corrected chi connectivity index (χ4v) is 4.30. The van der Waals surface area contributed by atoms with Gasteiger partial charge in [0.15, 0.2) is 12.2 Å². The Kier molecular flexibility index (Phi) is 6.88. The van der Waals surface area contributed by atoms with Crippen LogP contribution < -0.4 is 4.90 Å². The van der Waals surface area contributed by atoms with Gasteiger partial charge in [0.2, 0.25) is 6.23 Å². The van der Waals surface area contributed by atoms with Gasteiger partial charge < -0.3 is 35.2 Å². The lowest BCUT2D eigenvalue weighted by Crippen LogP contribution is -2.74. The van der Waals surface area contributed by atoms with Gasteiger partial charge in [-0.05, 0) is 12.1 Å². The fourth-order valence-electron chi connectivity index (χ4n) is 4.30. The third kappa shape index (κ3) is 4.55. The van der Waals surface area contributed by atoms with Crippen LogP contribution in [-0.4, -0.2) is 110 Å². The highest BCUT2D eigenvalue weighted by Crippen LogP contribution is 2.32. The summed E-state index contributed by atoms with van der Waals surface area (Å²) in [5.74, 6) is -1.61. The number of rotatable bonds is 7. The number of nitrogens with zero attached hydrogens (tertiary/aromatic N) is 3. The second-order valence-electron chi connectivity index (χ2n) is 7.82. The Labute approximate surface area is 173 Å². The van der Waals surface area contributed by atoms with E-state index in [1.165, 1.54) is 0 Å². The maximum Gasteiger partial charge on any atom is 0.335 e. The number of carboxylic acids is 2. The molecule has 11 nitrogen and oxygen atoms in total. The summed E-state index contributed by atoms with van der Waals surface area (Å²) in [6.45, 7) is 2.21. The van der Waals surface area contributed by atoms with Gasteiger partial charge in [-0.1, -0.05) is 6.07 Å². The van der Waals surface area contributed by atoms with Crippen molar-refractivity contribution in [1.29, 1.82) is 0 Å². The summed E-state index contributed by atoms with van der Waals surface area (Å²) in [5, 5.41) is 49.3. The second kappa shape index (κ2) is 9.23. The van der Waals surface area contributed by atoms with Crippen LogP contribution in [0.1, 0.15) is 12.8 Å².